The van der Waals surface area contributed by atoms with Crippen LogP contribution in [0.2, 0.25) is 0 Å². The van der Waals surface area contributed by atoms with E-state index in [0.29, 0.717) is 17.1 Å². The van der Waals surface area contributed by atoms with Crippen LogP contribution < -0.4 is 14.8 Å². The Morgan fingerprint density at radius 2 is 2.00 bits per heavy atom. The highest BCUT2D eigenvalue weighted by molar-refractivity contribution is 5.92. The van der Waals surface area contributed by atoms with Gasteiger partial charge >= 0.3 is 5.97 Å². The lowest BCUT2D eigenvalue weighted by Crippen LogP contribution is -2.30. The molecule has 1 aliphatic carbocycles. The van der Waals surface area contributed by atoms with Crippen molar-refractivity contribution in [2.75, 3.05) is 13.7 Å². The number of carbonyl (C=O) groups is 2. The molecule has 2 rings (SSSR count). The van der Waals surface area contributed by atoms with Crippen molar-refractivity contribution in [3.05, 3.63) is 23.8 Å². The molecule has 0 radical (unpaired) electrons. The van der Waals surface area contributed by atoms with Gasteiger partial charge in [0.2, 0.25) is 0 Å². The van der Waals surface area contributed by atoms with Crippen molar-refractivity contribution in [3.8, 4) is 11.5 Å². The van der Waals surface area contributed by atoms with Gasteiger partial charge in [-0.3, -0.25) is 4.79 Å². The van der Waals surface area contributed by atoms with Crippen LogP contribution in [-0.4, -0.2) is 37.7 Å². The summed E-state index contributed by atoms with van der Waals surface area (Å²) in [5, 5.41) is 2.75. The van der Waals surface area contributed by atoms with Crippen molar-refractivity contribution in [2.45, 2.75) is 38.8 Å². The third-order valence-electron chi connectivity index (χ3n) is 3.04. The Kier molecular flexibility index (Phi) is 5.25. The van der Waals surface area contributed by atoms with E-state index in [0.717, 1.165) is 12.8 Å². The average Bonchev–Trinajstić information content (AvgIpc) is 3.28. The normalized spacial score (nSPS) is 13.6. The van der Waals surface area contributed by atoms with Crippen LogP contribution in [0.4, 0.5) is 0 Å². The van der Waals surface area contributed by atoms with Gasteiger partial charge in [-0.1, -0.05) is 0 Å². The van der Waals surface area contributed by atoms with Crippen LogP contribution in [0, 0.1) is 0 Å². The number of rotatable bonds is 7. The molecule has 1 saturated carbocycles. The minimum atomic E-state index is -0.569. The number of benzene rings is 1. The van der Waals surface area contributed by atoms with Crippen LogP contribution in [0.25, 0.3) is 0 Å². The Labute approximate surface area is 129 Å². The Morgan fingerprint density at radius 3 is 2.59 bits per heavy atom. The van der Waals surface area contributed by atoms with Gasteiger partial charge in [0.1, 0.15) is 0 Å². The Bertz CT molecular complexity index is 551. The van der Waals surface area contributed by atoms with Gasteiger partial charge in [-0.05, 0) is 44.9 Å². The number of methoxy groups -OCH3 is 1. The molecule has 0 aliphatic heterocycles. The molecule has 0 aromatic heterocycles. The highest BCUT2D eigenvalue weighted by atomic mass is 16.5. The molecule has 0 spiro atoms. The number of hydrogen-bond acceptors (Lipinski definition) is 5. The van der Waals surface area contributed by atoms with Crippen molar-refractivity contribution in [3.63, 3.8) is 0 Å². The molecule has 6 heteroatoms. The summed E-state index contributed by atoms with van der Waals surface area (Å²) >= 11 is 0. The van der Waals surface area contributed by atoms with Gasteiger partial charge in [-0.15, -0.1) is 0 Å². The second-order valence-corrected chi connectivity index (χ2v) is 5.45. The van der Waals surface area contributed by atoms with Gasteiger partial charge in [-0.2, -0.15) is 0 Å². The Hall–Kier alpha value is -2.24. The first kappa shape index (κ1) is 16.1. The highest BCUT2D eigenvalue weighted by Gasteiger charge is 2.23. The van der Waals surface area contributed by atoms with E-state index >= 15 is 0 Å². The fourth-order valence-electron chi connectivity index (χ4n) is 1.86. The Balaban J connectivity index is 1.95. The minimum absolute atomic E-state index is 0.00202. The summed E-state index contributed by atoms with van der Waals surface area (Å²) in [7, 11) is 1.50. The third kappa shape index (κ3) is 4.65. The Morgan fingerprint density at radius 1 is 1.27 bits per heavy atom. The highest BCUT2D eigenvalue weighted by Crippen LogP contribution is 2.29. The summed E-state index contributed by atoms with van der Waals surface area (Å²) in [6, 6.07) is 5.03. The molecule has 0 atom stereocenters. The third-order valence-corrected chi connectivity index (χ3v) is 3.04. The molecule has 0 heterocycles. The lowest BCUT2D eigenvalue weighted by molar-refractivity contribution is -0.124. The smallest absolute Gasteiger partial charge is 0.338 e. The molecule has 0 saturated heterocycles. The molecule has 1 N–H and O–H groups in total. The topological polar surface area (TPSA) is 73.9 Å². The number of amides is 1. The van der Waals surface area contributed by atoms with Gasteiger partial charge in [0.25, 0.3) is 5.91 Å². The van der Waals surface area contributed by atoms with E-state index in [4.69, 9.17) is 14.2 Å². The van der Waals surface area contributed by atoms with Gasteiger partial charge in [0.05, 0.1) is 18.8 Å². The molecule has 1 aromatic carbocycles. The van der Waals surface area contributed by atoms with Crippen LogP contribution in [0.1, 0.15) is 37.0 Å². The van der Waals surface area contributed by atoms with Gasteiger partial charge in [0.15, 0.2) is 18.1 Å². The maximum Gasteiger partial charge on any atom is 0.338 e. The van der Waals surface area contributed by atoms with Crippen LogP contribution in [0.15, 0.2) is 18.2 Å². The van der Waals surface area contributed by atoms with Gasteiger partial charge in [-0.25, -0.2) is 4.79 Å². The minimum Gasteiger partial charge on any atom is -0.493 e. The first-order chi connectivity index (χ1) is 10.5. The molecule has 1 aromatic rings. The fourth-order valence-corrected chi connectivity index (χ4v) is 1.86. The summed E-state index contributed by atoms with van der Waals surface area (Å²) < 4.78 is 15.8. The first-order valence-electron chi connectivity index (χ1n) is 7.30. The zero-order chi connectivity index (χ0) is 16.1. The zero-order valence-electron chi connectivity index (χ0n) is 13.0. The van der Waals surface area contributed by atoms with E-state index in [1.54, 1.807) is 18.2 Å². The van der Waals surface area contributed by atoms with E-state index in [1.807, 2.05) is 13.8 Å². The number of ether oxygens (including phenoxy) is 3. The lowest BCUT2D eigenvalue weighted by atomic mass is 10.2. The molecule has 120 valence electrons. The first-order valence-corrected chi connectivity index (χ1v) is 7.30. The fraction of sp³-hybridized carbons (Fsp3) is 0.500. The molecular weight excluding hydrogens is 286 g/mol. The standard InChI is InChI=1S/C16H21NO5/c1-10(2)22-13-7-4-11(8-14(13)20-3)16(19)21-9-15(18)17-12-5-6-12/h4,7-8,10,12H,5-6,9H2,1-3H3,(H,17,18). The van der Waals surface area contributed by atoms with E-state index in [9.17, 15) is 9.59 Å². The van der Waals surface area contributed by atoms with Crippen molar-refractivity contribution in [2.24, 2.45) is 0 Å². The molecule has 0 unspecified atom stereocenters. The zero-order valence-corrected chi connectivity index (χ0v) is 13.0. The van der Waals surface area contributed by atoms with Crippen molar-refractivity contribution in [1.29, 1.82) is 0 Å². The van der Waals surface area contributed by atoms with E-state index in [1.165, 1.54) is 7.11 Å². The second kappa shape index (κ2) is 7.15. The predicted octanol–water partition coefficient (Wildman–Crippen LogP) is 1.92. The van der Waals surface area contributed by atoms with Crippen LogP contribution in [0.3, 0.4) is 0 Å². The summed E-state index contributed by atoms with van der Waals surface area (Å²) in [5.74, 6) is 0.161. The van der Waals surface area contributed by atoms with Gasteiger partial charge in [0, 0.05) is 6.04 Å². The van der Waals surface area contributed by atoms with Gasteiger partial charge < -0.3 is 19.5 Å². The molecule has 1 fully saturated rings. The van der Waals surface area contributed by atoms with Crippen LogP contribution in [-0.2, 0) is 9.53 Å². The van der Waals surface area contributed by atoms with Crippen LogP contribution in [0.5, 0.6) is 11.5 Å². The van der Waals surface area contributed by atoms with Crippen molar-refractivity contribution in [1.82, 2.24) is 5.32 Å². The maximum atomic E-state index is 12.0. The van der Waals surface area contributed by atoms with E-state index in [2.05, 4.69) is 5.32 Å². The molecule has 1 aliphatic rings. The summed E-state index contributed by atoms with van der Waals surface area (Å²) in [6.45, 7) is 3.53. The van der Waals surface area contributed by atoms with Crippen molar-refractivity contribution < 1.29 is 23.8 Å². The molecule has 0 bridgehead atoms. The average molecular weight is 307 g/mol. The second-order valence-electron chi connectivity index (χ2n) is 5.45. The largest absolute Gasteiger partial charge is 0.493 e. The molecular formula is C16H21NO5. The lowest BCUT2D eigenvalue weighted by Gasteiger charge is -2.14. The number of hydrogen-bond donors (Lipinski definition) is 1. The summed E-state index contributed by atoms with van der Waals surface area (Å²) in [4.78, 5) is 23.4. The predicted molar refractivity (Wildman–Crippen MR) is 80.2 cm³/mol. The number of esters is 1. The maximum absolute atomic E-state index is 12.0. The molecule has 6 nitrogen and oxygen atoms in total. The quantitative estimate of drug-likeness (QED) is 0.779. The molecule has 1 amide bonds. The van der Waals surface area contributed by atoms with Crippen molar-refractivity contribution >= 4 is 11.9 Å². The molecule has 22 heavy (non-hydrogen) atoms. The summed E-state index contributed by atoms with van der Waals surface area (Å²) in [5.41, 5.74) is 0.312. The SMILES string of the molecule is COc1cc(C(=O)OCC(=O)NC2CC2)ccc1OC(C)C. The van der Waals surface area contributed by atoms with Crippen LogP contribution >= 0.6 is 0 Å². The van der Waals surface area contributed by atoms with E-state index < -0.39 is 5.97 Å². The summed E-state index contributed by atoms with van der Waals surface area (Å²) in [6.07, 6.45) is 1.99. The monoisotopic (exact) mass is 307 g/mol. The van der Waals surface area contributed by atoms with E-state index in [-0.39, 0.29) is 24.7 Å². The number of carbonyl (C=O) groups excluding carboxylic acids is 2. The number of nitrogens with one attached hydrogen (secondary N) is 1.